The van der Waals surface area contributed by atoms with Crippen molar-refractivity contribution < 1.29 is 12.8 Å². The summed E-state index contributed by atoms with van der Waals surface area (Å²) in [6, 6.07) is 4.01. The number of hydrogen-bond donors (Lipinski definition) is 2. The van der Waals surface area contributed by atoms with Crippen molar-refractivity contribution in [2.75, 3.05) is 23.6 Å². The molecule has 1 fully saturated rings. The smallest absolute Gasteiger partial charge is 0.233 e. The molecule has 1 unspecified atom stereocenters. The minimum absolute atomic E-state index is 0.105. The summed E-state index contributed by atoms with van der Waals surface area (Å²) in [5.74, 6) is -0.124. The SMILES string of the molecule is O=S(=O)(CC1CCCNC1)Nc1ccc(F)cc1I. The van der Waals surface area contributed by atoms with Crippen LogP contribution in [0, 0.1) is 15.3 Å². The Morgan fingerprint density at radius 1 is 1.47 bits per heavy atom. The topological polar surface area (TPSA) is 58.2 Å². The van der Waals surface area contributed by atoms with Gasteiger partial charge in [-0.3, -0.25) is 4.72 Å². The average Bonchev–Trinajstić information content (AvgIpc) is 2.33. The van der Waals surface area contributed by atoms with E-state index in [0.717, 1.165) is 25.9 Å². The van der Waals surface area contributed by atoms with Crippen molar-refractivity contribution >= 4 is 38.3 Å². The monoisotopic (exact) mass is 398 g/mol. The standard InChI is InChI=1S/C12H16FIN2O2S/c13-10-3-4-12(11(14)6-10)16-19(17,18)8-9-2-1-5-15-7-9/h3-4,6,9,15-16H,1-2,5,7-8H2. The van der Waals surface area contributed by atoms with E-state index in [1.165, 1.54) is 18.2 Å². The Bertz CT molecular complexity index is 545. The minimum Gasteiger partial charge on any atom is -0.316 e. The first-order valence-electron chi connectivity index (χ1n) is 6.12. The second kappa shape index (κ2) is 6.36. The van der Waals surface area contributed by atoms with Crippen LogP contribution in [0.5, 0.6) is 0 Å². The summed E-state index contributed by atoms with van der Waals surface area (Å²) >= 11 is 1.92. The molecule has 4 nitrogen and oxygen atoms in total. The summed E-state index contributed by atoms with van der Waals surface area (Å²) in [4.78, 5) is 0. The fraction of sp³-hybridized carbons (Fsp3) is 0.500. The van der Waals surface area contributed by atoms with Crippen LogP contribution < -0.4 is 10.0 Å². The zero-order chi connectivity index (χ0) is 13.9. The van der Waals surface area contributed by atoms with Crippen LogP contribution in [0.15, 0.2) is 18.2 Å². The first-order chi connectivity index (χ1) is 8.96. The molecule has 106 valence electrons. The maximum Gasteiger partial charge on any atom is 0.233 e. The highest BCUT2D eigenvalue weighted by atomic mass is 127. The Hall–Kier alpha value is -0.410. The van der Waals surface area contributed by atoms with Crippen LogP contribution in [0.25, 0.3) is 0 Å². The number of piperidine rings is 1. The third-order valence-electron chi connectivity index (χ3n) is 3.05. The van der Waals surface area contributed by atoms with Gasteiger partial charge in [0.05, 0.1) is 11.4 Å². The van der Waals surface area contributed by atoms with Gasteiger partial charge in [-0.25, -0.2) is 12.8 Å². The van der Waals surface area contributed by atoms with E-state index in [0.29, 0.717) is 9.26 Å². The molecule has 0 aromatic heterocycles. The molecule has 2 N–H and O–H groups in total. The second-order valence-electron chi connectivity index (χ2n) is 4.72. The Kier molecular flexibility index (Phi) is 5.02. The quantitative estimate of drug-likeness (QED) is 0.765. The Morgan fingerprint density at radius 2 is 2.26 bits per heavy atom. The molecule has 1 aromatic rings. The van der Waals surface area contributed by atoms with Crippen LogP contribution in [0.2, 0.25) is 0 Å². The first kappa shape index (κ1) is 15.0. The molecule has 1 heterocycles. The van der Waals surface area contributed by atoms with E-state index in [4.69, 9.17) is 0 Å². The van der Waals surface area contributed by atoms with E-state index in [-0.39, 0.29) is 17.5 Å². The van der Waals surface area contributed by atoms with Crippen LogP contribution in [-0.2, 0) is 10.0 Å². The highest BCUT2D eigenvalue weighted by molar-refractivity contribution is 14.1. The molecule has 1 atom stereocenters. The Labute approximate surface area is 126 Å². The number of anilines is 1. The molecule has 0 saturated carbocycles. The molecule has 0 amide bonds. The lowest BCUT2D eigenvalue weighted by atomic mass is 10.0. The third-order valence-corrected chi connectivity index (χ3v) is 5.38. The van der Waals surface area contributed by atoms with Gasteiger partial charge in [0.1, 0.15) is 5.82 Å². The van der Waals surface area contributed by atoms with Crippen molar-refractivity contribution in [3.8, 4) is 0 Å². The van der Waals surface area contributed by atoms with Crippen molar-refractivity contribution in [1.82, 2.24) is 5.32 Å². The molecular weight excluding hydrogens is 382 g/mol. The van der Waals surface area contributed by atoms with Gasteiger partial charge in [0.15, 0.2) is 0 Å². The van der Waals surface area contributed by atoms with Crippen molar-refractivity contribution in [2.24, 2.45) is 5.92 Å². The zero-order valence-electron chi connectivity index (χ0n) is 10.3. The first-order valence-corrected chi connectivity index (χ1v) is 8.85. The maximum atomic E-state index is 13.0. The third kappa shape index (κ3) is 4.57. The van der Waals surface area contributed by atoms with Crippen LogP contribution in [-0.4, -0.2) is 27.3 Å². The predicted octanol–water partition coefficient (Wildman–Crippen LogP) is 2.17. The summed E-state index contributed by atoms with van der Waals surface area (Å²) < 4.78 is 40.2. The van der Waals surface area contributed by atoms with E-state index in [1.807, 2.05) is 22.6 Å². The van der Waals surface area contributed by atoms with Crippen LogP contribution in [0.1, 0.15) is 12.8 Å². The van der Waals surface area contributed by atoms with Crippen molar-refractivity contribution in [2.45, 2.75) is 12.8 Å². The molecule has 1 aliphatic rings. The summed E-state index contributed by atoms with van der Waals surface area (Å²) in [6.45, 7) is 1.70. The fourth-order valence-corrected chi connectivity index (χ4v) is 4.45. The van der Waals surface area contributed by atoms with Gasteiger partial charge in [-0.1, -0.05) is 0 Å². The van der Waals surface area contributed by atoms with Crippen LogP contribution >= 0.6 is 22.6 Å². The molecule has 1 aliphatic heterocycles. The number of rotatable bonds is 4. The molecule has 0 aliphatic carbocycles. The maximum absolute atomic E-state index is 13.0. The van der Waals surface area contributed by atoms with Gasteiger partial charge in [-0.15, -0.1) is 0 Å². The Balaban J connectivity index is 2.03. The summed E-state index contributed by atoms with van der Waals surface area (Å²) in [5.41, 5.74) is 0.436. The molecule has 0 radical (unpaired) electrons. The number of halogens is 2. The minimum atomic E-state index is -3.39. The number of sulfonamides is 1. The average molecular weight is 398 g/mol. The van der Waals surface area contributed by atoms with E-state index >= 15 is 0 Å². The Morgan fingerprint density at radius 3 is 2.89 bits per heavy atom. The van der Waals surface area contributed by atoms with Gasteiger partial charge in [0.25, 0.3) is 0 Å². The predicted molar refractivity (Wildman–Crippen MR) is 82.1 cm³/mol. The molecule has 0 bridgehead atoms. The summed E-state index contributed by atoms with van der Waals surface area (Å²) in [6.07, 6.45) is 1.93. The van der Waals surface area contributed by atoms with Gasteiger partial charge in [0, 0.05) is 3.57 Å². The molecule has 1 aromatic carbocycles. The van der Waals surface area contributed by atoms with Crippen LogP contribution in [0.3, 0.4) is 0 Å². The number of hydrogen-bond acceptors (Lipinski definition) is 3. The van der Waals surface area contributed by atoms with Crippen molar-refractivity contribution in [3.05, 3.63) is 27.6 Å². The van der Waals surface area contributed by atoms with Gasteiger partial charge < -0.3 is 5.32 Å². The summed E-state index contributed by atoms with van der Waals surface area (Å²) in [7, 11) is -3.39. The molecular formula is C12H16FIN2O2S. The number of nitrogens with one attached hydrogen (secondary N) is 2. The van der Waals surface area contributed by atoms with Gasteiger partial charge in [0.2, 0.25) is 10.0 Å². The molecule has 0 spiro atoms. The lowest BCUT2D eigenvalue weighted by Crippen LogP contribution is -2.35. The van der Waals surface area contributed by atoms with Crippen LogP contribution in [0.4, 0.5) is 10.1 Å². The van der Waals surface area contributed by atoms with Gasteiger partial charge >= 0.3 is 0 Å². The largest absolute Gasteiger partial charge is 0.316 e. The molecule has 19 heavy (non-hydrogen) atoms. The second-order valence-corrected chi connectivity index (χ2v) is 7.65. The number of benzene rings is 1. The van der Waals surface area contributed by atoms with E-state index in [1.54, 1.807) is 0 Å². The lowest BCUT2D eigenvalue weighted by Gasteiger charge is -2.22. The molecule has 2 rings (SSSR count). The normalized spacial score (nSPS) is 20.2. The fourth-order valence-electron chi connectivity index (χ4n) is 2.16. The van der Waals surface area contributed by atoms with Gasteiger partial charge in [-0.2, -0.15) is 0 Å². The molecule has 1 saturated heterocycles. The summed E-state index contributed by atoms with van der Waals surface area (Å²) in [5, 5.41) is 3.20. The highest BCUT2D eigenvalue weighted by Crippen LogP contribution is 2.21. The van der Waals surface area contributed by atoms with Crippen molar-refractivity contribution in [1.29, 1.82) is 0 Å². The highest BCUT2D eigenvalue weighted by Gasteiger charge is 2.21. The van der Waals surface area contributed by atoms with E-state index in [2.05, 4.69) is 10.0 Å². The van der Waals surface area contributed by atoms with E-state index in [9.17, 15) is 12.8 Å². The molecule has 7 heteroatoms. The van der Waals surface area contributed by atoms with E-state index < -0.39 is 10.0 Å². The lowest BCUT2D eigenvalue weighted by molar-refractivity contribution is 0.404. The zero-order valence-corrected chi connectivity index (χ0v) is 13.3. The van der Waals surface area contributed by atoms with Crippen molar-refractivity contribution in [3.63, 3.8) is 0 Å². The van der Waals surface area contributed by atoms with Gasteiger partial charge in [-0.05, 0) is 72.6 Å².